The zero-order chi connectivity index (χ0) is 11.0. The first-order chi connectivity index (χ1) is 6.37. The maximum absolute atomic E-state index is 12.5. The van der Waals surface area contributed by atoms with Gasteiger partial charge in [0.1, 0.15) is 5.56 Å². The van der Waals surface area contributed by atoms with Gasteiger partial charge in [-0.25, -0.2) is 22.0 Å². The summed E-state index contributed by atoms with van der Waals surface area (Å²) in [6.07, 6.45) is -3.64. The van der Waals surface area contributed by atoms with E-state index < -0.39 is 41.0 Å². The molecule has 7 heteroatoms. The number of phenols is 1. The highest BCUT2D eigenvalue weighted by Gasteiger charge is 2.29. The van der Waals surface area contributed by atoms with Crippen molar-refractivity contribution in [1.29, 1.82) is 0 Å². The molecule has 1 aromatic carbocycles. The molecule has 1 N–H and O–H groups in total. The Kier molecular flexibility index (Phi) is 2.59. The molecule has 1 nitrogen and oxygen atoms in total. The van der Waals surface area contributed by atoms with E-state index in [0.29, 0.717) is 0 Å². The molecule has 0 bridgehead atoms. The third-order valence-corrected chi connectivity index (χ3v) is 1.50. The van der Waals surface area contributed by atoms with E-state index in [1.165, 1.54) is 0 Å². The van der Waals surface area contributed by atoms with Gasteiger partial charge in [-0.15, -0.1) is 0 Å². The third-order valence-electron chi connectivity index (χ3n) is 1.50. The van der Waals surface area contributed by atoms with Gasteiger partial charge in [0.15, 0.2) is 17.4 Å². The quantitative estimate of drug-likeness (QED) is 0.434. The number of halogens is 6. The molecular formula is C7H2F6O. The molecule has 0 radical (unpaired) electrons. The molecule has 0 saturated carbocycles. The summed E-state index contributed by atoms with van der Waals surface area (Å²) in [5.41, 5.74) is -1.89. The van der Waals surface area contributed by atoms with Crippen molar-refractivity contribution in [3.63, 3.8) is 0 Å². The second-order valence-corrected chi connectivity index (χ2v) is 2.32. The van der Waals surface area contributed by atoms with Gasteiger partial charge < -0.3 is 5.11 Å². The second kappa shape index (κ2) is 3.39. The summed E-state index contributed by atoms with van der Waals surface area (Å²) in [4.78, 5) is 0. The maximum atomic E-state index is 12.5. The number of hydrogen-bond acceptors (Lipinski definition) is 1. The van der Waals surface area contributed by atoms with Crippen LogP contribution in [0.2, 0.25) is 0 Å². The summed E-state index contributed by atoms with van der Waals surface area (Å²) in [5.74, 6) is -11.2. The largest absolute Gasteiger partial charge is 0.504 e. The topological polar surface area (TPSA) is 20.2 Å². The molecule has 0 unspecified atom stereocenters. The van der Waals surface area contributed by atoms with Gasteiger partial charge in [0.05, 0.1) is 0 Å². The molecule has 0 aromatic heterocycles. The first-order valence-electron chi connectivity index (χ1n) is 3.20. The Bertz CT molecular complexity index is 346. The van der Waals surface area contributed by atoms with E-state index in [9.17, 15) is 26.3 Å². The lowest BCUT2D eigenvalue weighted by Gasteiger charge is -2.07. The average Bonchev–Trinajstić information content (AvgIpc) is 2.11. The number of phenolic OH excluding ortho intramolecular Hbond substituents is 1. The van der Waals surface area contributed by atoms with Crippen molar-refractivity contribution in [3.8, 4) is 5.75 Å². The van der Waals surface area contributed by atoms with Gasteiger partial charge in [0.2, 0.25) is 11.6 Å². The van der Waals surface area contributed by atoms with E-state index in [1.807, 2.05) is 0 Å². The maximum Gasteiger partial charge on any atom is 0.270 e. The minimum atomic E-state index is -3.64. The van der Waals surface area contributed by atoms with Crippen LogP contribution in [0.3, 0.4) is 0 Å². The summed E-state index contributed by atoms with van der Waals surface area (Å²) in [7, 11) is 0. The predicted molar refractivity (Wildman–Crippen MR) is 32.9 cm³/mol. The molecular weight excluding hydrogens is 214 g/mol. The van der Waals surface area contributed by atoms with Crippen molar-refractivity contribution < 1.29 is 31.4 Å². The normalized spacial score (nSPS) is 11.1. The van der Waals surface area contributed by atoms with Gasteiger partial charge in [-0.3, -0.25) is 0 Å². The highest BCUT2D eigenvalue weighted by atomic mass is 19.3. The zero-order valence-corrected chi connectivity index (χ0v) is 6.29. The first kappa shape index (κ1) is 10.7. The van der Waals surface area contributed by atoms with Crippen LogP contribution in [0, 0.1) is 23.3 Å². The lowest BCUT2D eigenvalue weighted by Crippen LogP contribution is -2.03. The summed E-state index contributed by atoms with van der Waals surface area (Å²) >= 11 is 0. The molecule has 0 saturated heterocycles. The van der Waals surface area contributed by atoms with Gasteiger partial charge >= 0.3 is 0 Å². The Morgan fingerprint density at radius 3 is 1.64 bits per heavy atom. The number of benzene rings is 1. The van der Waals surface area contributed by atoms with Crippen molar-refractivity contribution in [2.75, 3.05) is 0 Å². The van der Waals surface area contributed by atoms with Crippen LogP contribution in [0.5, 0.6) is 5.75 Å². The van der Waals surface area contributed by atoms with Gasteiger partial charge in [0, 0.05) is 0 Å². The third kappa shape index (κ3) is 1.38. The molecule has 0 aliphatic carbocycles. The summed E-state index contributed by atoms with van der Waals surface area (Å²) in [6, 6.07) is 0. The lowest BCUT2D eigenvalue weighted by atomic mass is 10.1. The standard InChI is InChI=1S/C7H2F6O/c8-2-1(7(12)13)6(14)5(11)4(10)3(2)9/h7,14H. The van der Waals surface area contributed by atoms with Crippen LogP contribution in [0.15, 0.2) is 0 Å². The highest BCUT2D eigenvalue weighted by Crippen LogP contribution is 2.35. The van der Waals surface area contributed by atoms with Gasteiger partial charge in [0.25, 0.3) is 6.43 Å². The molecule has 0 spiro atoms. The van der Waals surface area contributed by atoms with E-state index in [1.54, 1.807) is 0 Å². The zero-order valence-electron chi connectivity index (χ0n) is 6.29. The van der Waals surface area contributed by atoms with Crippen molar-refractivity contribution in [2.45, 2.75) is 6.43 Å². The van der Waals surface area contributed by atoms with Crippen LogP contribution in [0.25, 0.3) is 0 Å². The van der Waals surface area contributed by atoms with Gasteiger partial charge in [-0.05, 0) is 0 Å². The minimum Gasteiger partial charge on any atom is -0.504 e. The summed E-state index contributed by atoms with van der Waals surface area (Å²) in [5, 5.41) is 8.55. The number of rotatable bonds is 1. The fourth-order valence-corrected chi connectivity index (χ4v) is 0.836. The Hall–Kier alpha value is -1.40. The van der Waals surface area contributed by atoms with Crippen LogP contribution in [0.1, 0.15) is 12.0 Å². The molecule has 0 aliphatic heterocycles. The molecule has 1 rings (SSSR count). The van der Waals surface area contributed by atoms with Crippen LogP contribution >= 0.6 is 0 Å². The van der Waals surface area contributed by atoms with E-state index in [4.69, 9.17) is 5.11 Å². The van der Waals surface area contributed by atoms with Crippen LogP contribution in [0.4, 0.5) is 26.3 Å². The Balaban J connectivity index is 3.60. The summed E-state index contributed by atoms with van der Waals surface area (Å²) in [6.45, 7) is 0. The van der Waals surface area contributed by atoms with Crippen molar-refractivity contribution in [2.24, 2.45) is 0 Å². The van der Waals surface area contributed by atoms with Gasteiger partial charge in [-0.1, -0.05) is 0 Å². The van der Waals surface area contributed by atoms with E-state index in [0.717, 1.165) is 0 Å². The number of hydrogen-bond donors (Lipinski definition) is 1. The number of aromatic hydroxyl groups is 1. The number of alkyl halides is 2. The van der Waals surface area contributed by atoms with E-state index in [2.05, 4.69) is 0 Å². The molecule has 14 heavy (non-hydrogen) atoms. The van der Waals surface area contributed by atoms with Crippen LogP contribution in [-0.4, -0.2) is 5.11 Å². The highest BCUT2D eigenvalue weighted by molar-refractivity contribution is 5.37. The summed E-state index contributed by atoms with van der Waals surface area (Å²) < 4.78 is 73.5. The van der Waals surface area contributed by atoms with E-state index in [-0.39, 0.29) is 0 Å². The molecule has 1 aromatic rings. The first-order valence-corrected chi connectivity index (χ1v) is 3.20. The molecule has 0 heterocycles. The Morgan fingerprint density at radius 1 is 0.786 bits per heavy atom. The Labute approximate surface area is 73.6 Å². The van der Waals surface area contributed by atoms with Crippen molar-refractivity contribution >= 4 is 0 Å². The Morgan fingerprint density at radius 2 is 1.21 bits per heavy atom. The van der Waals surface area contributed by atoms with Gasteiger partial charge in [-0.2, -0.15) is 4.39 Å². The van der Waals surface area contributed by atoms with Crippen molar-refractivity contribution in [1.82, 2.24) is 0 Å². The predicted octanol–water partition coefficient (Wildman–Crippen LogP) is 2.89. The smallest absolute Gasteiger partial charge is 0.270 e. The average molecular weight is 216 g/mol. The monoisotopic (exact) mass is 216 g/mol. The second-order valence-electron chi connectivity index (χ2n) is 2.32. The van der Waals surface area contributed by atoms with Crippen molar-refractivity contribution in [3.05, 3.63) is 28.8 Å². The van der Waals surface area contributed by atoms with Crippen LogP contribution < -0.4 is 0 Å². The molecule has 0 amide bonds. The fourth-order valence-electron chi connectivity index (χ4n) is 0.836. The minimum absolute atomic E-state index is 1.89. The fraction of sp³-hybridized carbons (Fsp3) is 0.143. The molecule has 0 fully saturated rings. The lowest BCUT2D eigenvalue weighted by molar-refractivity contribution is 0.138. The molecule has 0 aliphatic rings. The van der Waals surface area contributed by atoms with Crippen LogP contribution in [-0.2, 0) is 0 Å². The SMILES string of the molecule is Oc1c(F)c(F)c(F)c(F)c1C(F)F. The molecule has 0 atom stereocenters. The van der Waals surface area contributed by atoms with E-state index >= 15 is 0 Å². The molecule has 78 valence electrons.